The number of carboxylic acids is 1. The van der Waals surface area contributed by atoms with Crippen LogP contribution in [0.2, 0.25) is 0 Å². The quantitative estimate of drug-likeness (QED) is 0.857. The number of nitriles is 1. The van der Waals surface area contributed by atoms with Gasteiger partial charge in [-0.2, -0.15) is 5.26 Å². The van der Waals surface area contributed by atoms with Crippen molar-refractivity contribution >= 4 is 11.7 Å². The third-order valence-corrected chi connectivity index (χ3v) is 3.39. The Labute approximate surface area is 106 Å². The van der Waals surface area contributed by atoms with Crippen LogP contribution in [-0.4, -0.2) is 28.6 Å². The minimum Gasteiger partial charge on any atom is -0.480 e. The molecule has 1 fully saturated rings. The van der Waals surface area contributed by atoms with Crippen molar-refractivity contribution in [3.8, 4) is 6.07 Å². The predicted octanol–water partition coefficient (Wildman–Crippen LogP) is 1.64. The van der Waals surface area contributed by atoms with E-state index in [-0.39, 0.29) is 11.6 Å². The van der Waals surface area contributed by atoms with Crippen molar-refractivity contribution in [1.82, 2.24) is 4.98 Å². The molecule has 2 atom stereocenters. The molecule has 2 heterocycles. The van der Waals surface area contributed by atoms with Gasteiger partial charge >= 0.3 is 5.97 Å². The number of anilines is 1. The number of aromatic nitrogens is 1. The third kappa shape index (κ3) is 2.14. The molecule has 0 amide bonds. The Hall–Kier alpha value is -2.09. The van der Waals surface area contributed by atoms with Gasteiger partial charge in [-0.25, -0.2) is 9.78 Å². The van der Waals surface area contributed by atoms with Crippen molar-refractivity contribution in [3.05, 3.63) is 24.0 Å². The van der Waals surface area contributed by atoms with Gasteiger partial charge in [0.25, 0.3) is 0 Å². The molecule has 1 aromatic heterocycles. The summed E-state index contributed by atoms with van der Waals surface area (Å²) < 4.78 is 0. The normalized spacial score (nSPS) is 23.4. The van der Waals surface area contributed by atoms with E-state index in [1.165, 1.54) is 0 Å². The van der Waals surface area contributed by atoms with Crippen LogP contribution in [-0.2, 0) is 4.79 Å². The smallest absolute Gasteiger partial charge is 0.326 e. The third-order valence-electron chi connectivity index (χ3n) is 3.39. The monoisotopic (exact) mass is 245 g/mol. The van der Waals surface area contributed by atoms with Crippen LogP contribution in [0.1, 0.15) is 25.5 Å². The van der Waals surface area contributed by atoms with Crippen LogP contribution in [0.15, 0.2) is 18.3 Å². The van der Waals surface area contributed by atoms with E-state index < -0.39 is 12.0 Å². The maximum Gasteiger partial charge on any atom is 0.326 e. The van der Waals surface area contributed by atoms with Crippen molar-refractivity contribution in [2.75, 3.05) is 11.4 Å². The van der Waals surface area contributed by atoms with Crippen molar-refractivity contribution in [1.29, 1.82) is 5.26 Å². The molecule has 0 bridgehead atoms. The van der Waals surface area contributed by atoms with Gasteiger partial charge in [0.2, 0.25) is 0 Å². The Kier molecular flexibility index (Phi) is 3.47. The molecule has 5 nitrogen and oxygen atoms in total. The molecule has 2 unspecified atom stereocenters. The summed E-state index contributed by atoms with van der Waals surface area (Å²) in [7, 11) is 0. The zero-order valence-corrected chi connectivity index (χ0v) is 10.2. The van der Waals surface area contributed by atoms with Gasteiger partial charge in [-0.15, -0.1) is 0 Å². The van der Waals surface area contributed by atoms with Crippen LogP contribution in [0.3, 0.4) is 0 Å². The molecule has 1 aromatic rings. The number of aliphatic carboxylic acids is 1. The molecule has 1 saturated heterocycles. The topological polar surface area (TPSA) is 77.2 Å². The summed E-state index contributed by atoms with van der Waals surface area (Å²) in [5, 5.41) is 18.4. The van der Waals surface area contributed by atoms with Gasteiger partial charge in [-0.1, -0.05) is 6.92 Å². The number of pyridine rings is 1. The van der Waals surface area contributed by atoms with E-state index in [1.807, 2.05) is 13.0 Å². The van der Waals surface area contributed by atoms with Crippen LogP contribution >= 0.6 is 0 Å². The van der Waals surface area contributed by atoms with Crippen LogP contribution in [0, 0.1) is 17.2 Å². The summed E-state index contributed by atoms with van der Waals surface area (Å²) in [5.74, 6) is -0.766. The molecule has 0 aromatic carbocycles. The lowest BCUT2D eigenvalue weighted by Crippen LogP contribution is -2.49. The molecule has 0 saturated carbocycles. The minimum absolute atomic E-state index is 0.0722. The average Bonchev–Trinajstić information content (AvgIpc) is 2.38. The predicted molar refractivity (Wildman–Crippen MR) is 66.1 cm³/mol. The van der Waals surface area contributed by atoms with Crippen molar-refractivity contribution in [2.45, 2.75) is 25.8 Å². The van der Waals surface area contributed by atoms with E-state index in [0.29, 0.717) is 12.2 Å². The van der Waals surface area contributed by atoms with E-state index in [9.17, 15) is 9.90 Å². The Morgan fingerprint density at radius 2 is 2.44 bits per heavy atom. The number of hydrogen-bond acceptors (Lipinski definition) is 4. The number of piperidine rings is 1. The fraction of sp³-hybridized carbons (Fsp3) is 0.462. The van der Waals surface area contributed by atoms with Gasteiger partial charge in [0.05, 0.1) is 5.69 Å². The number of hydrogen-bond donors (Lipinski definition) is 1. The molecule has 18 heavy (non-hydrogen) atoms. The van der Waals surface area contributed by atoms with E-state index >= 15 is 0 Å². The molecule has 0 radical (unpaired) electrons. The lowest BCUT2D eigenvalue weighted by atomic mass is 9.90. The van der Waals surface area contributed by atoms with Gasteiger partial charge in [-0.3, -0.25) is 0 Å². The zero-order chi connectivity index (χ0) is 13.1. The van der Waals surface area contributed by atoms with Crippen molar-refractivity contribution < 1.29 is 9.90 Å². The van der Waals surface area contributed by atoms with Gasteiger partial charge in [0.1, 0.15) is 12.1 Å². The summed E-state index contributed by atoms with van der Waals surface area (Å²) in [6.07, 6.45) is 3.38. The second-order valence-corrected chi connectivity index (χ2v) is 4.58. The summed E-state index contributed by atoms with van der Waals surface area (Å²) in [6.45, 7) is 2.59. The van der Waals surface area contributed by atoms with Gasteiger partial charge in [0.15, 0.2) is 5.69 Å². The number of carbonyl (C=O) groups is 1. The number of nitrogens with zero attached hydrogens (tertiary/aromatic N) is 3. The van der Waals surface area contributed by atoms with Gasteiger partial charge in [-0.05, 0) is 30.9 Å². The zero-order valence-electron chi connectivity index (χ0n) is 10.2. The molecule has 1 N–H and O–H groups in total. The maximum atomic E-state index is 11.4. The van der Waals surface area contributed by atoms with E-state index in [2.05, 4.69) is 4.98 Å². The highest BCUT2D eigenvalue weighted by Gasteiger charge is 2.35. The summed E-state index contributed by atoms with van der Waals surface area (Å²) in [6, 6.07) is 4.94. The Bertz CT molecular complexity index is 495. The highest BCUT2D eigenvalue weighted by Crippen LogP contribution is 2.30. The SMILES string of the molecule is CC1CCCN(c2cccnc2C#N)C1C(=O)O. The standard InChI is InChI=1S/C13H15N3O2/c1-9-4-3-7-16(12(9)13(17)18)11-5-2-6-15-10(11)8-14/h2,5-6,9,12H,3-4,7H2,1H3,(H,17,18). The van der Waals surface area contributed by atoms with Crippen LogP contribution in [0.5, 0.6) is 0 Å². The average molecular weight is 245 g/mol. The lowest BCUT2D eigenvalue weighted by Gasteiger charge is -2.38. The molecule has 5 heteroatoms. The first-order chi connectivity index (χ1) is 8.65. The fourth-order valence-electron chi connectivity index (χ4n) is 2.55. The van der Waals surface area contributed by atoms with Gasteiger partial charge in [0, 0.05) is 12.7 Å². The second-order valence-electron chi connectivity index (χ2n) is 4.58. The summed E-state index contributed by atoms with van der Waals surface area (Å²) in [5.41, 5.74) is 0.914. The summed E-state index contributed by atoms with van der Waals surface area (Å²) in [4.78, 5) is 17.2. The molecule has 1 aliphatic heterocycles. The summed E-state index contributed by atoms with van der Waals surface area (Å²) >= 11 is 0. The second kappa shape index (κ2) is 5.05. The molecular formula is C13H15N3O2. The Balaban J connectivity index is 2.41. The molecular weight excluding hydrogens is 230 g/mol. The first-order valence-corrected chi connectivity index (χ1v) is 5.99. The molecule has 0 aliphatic carbocycles. The van der Waals surface area contributed by atoms with Crippen molar-refractivity contribution in [2.24, 2.45) is 5.92 Å². The first-order valence-electron chi connectivity index (χ1n) is 5.99. The maximum absolute atomic E-state index is 11.4. The number of carboxylic acid groups (broad SMARTS) is 1. The largest absolute Gasteiger partial charge is 0.480 e. The van der Waals surface area contributed by atoms with Crippen molar-refractivity contribution in [3.63, 3.8) is 0 Å². The fourth-order valence-corrected chi connectivity index (χ4v) is 2.55. The molecule has 1 aliphatic rings. The minimum atomic E-state index is -0.838. The van der Waals surface area contributed by atoms with E-state index in [4.69, 9.17) is 5.26 Å². The van der Waals surface area contributed by atoms with Crippen LogP contribution in [0.4, 0.5) is 5.69 Å². The van der Waals surface area contributed by atoms with Gasteiger partial charge < -0.3 is 10.0 Å². The molecule has 94 valence electrons. The Morgan fingerprint density at radius 1 is 1.67 bits per heavy atom. The van der Waals surface area contributed by atoms with E-state index in [0.717, 1.165) is 12.8 Å². The highest BCUT2D eigenvalue weighted by atomic mass is 16.4. The molecule has 2 rings (SSSR count). The molecule has 0 spiro atoms. The highest BCUT2D eigenvalue weighted by molar-refractivity contribution is 5.79. The van der Waals surface area contributed by atoms with Crippen LogP contribution in [0.25, 0.3) is 0 Å². The lowest BCUT2D eigenvalue weighted by molar-refractivity contribution is -0.140. The van der Waals surface area contributed by atoms with Crippen LogP contribution < -0.4 is 4.90 Å². The number of rotatable bonds is 2. The first kappa shape index (κ1) is 12.4. The Morgan fingerprint density at radius 3 is 3.11 bits per heavy atom. The van der Waals surface area contributed by atoms with E-state index in [1.54, 1.807) is 23.2 Å².